The van der Waals surface area contributed by atoms with Crippen LogP contribution in [0.5, 0.6) is 0 Å². The minimum atomic E-state index is -0.755. The van der Waals surface area contributed by atoms with Crippen molar-refractivity contribution in [3.05, 3.63) is 29.3 Å². The molecule has 16 heavy (non-hydrogen) atoms. The van der Waals surface area contributed by atoms with Gasteiger partial charge in [-0.3, -0.25) is 0 Å². The van der Waals surface area contributed by atoms with Gasteiger partial charge in [-0.15, -0.1) is 0 Å². The van der Waals surface area contributed by atoms with Gasteiger partial charge >= 0.3 is 6.03 Å². The van der Waals surface area contributed by atoms with Crippen molar-refractivity contribution < 1.29 is 4.79 Å². The molecular formula is C13H19N2O. The summed E-state index contributed by atoms with van der Waals surface area (Å²) in [5.74, 6) is 0.668. The van der Waals surface area contributed by atoms with Crippen LogP contribution in [-0.4, -0.2) is 6.03 Å². The summed E-state index contributed by atoms with van der Waals surface area (Å²) in [6.45, 7) is 8.33. The van der Waals surface area contributed by atoms with Gasteiger partial charge in [0, 0.05) is 5.69 Å². The molecule has 3 nitrogen and oxygen atoms in total. The molecule has 0 atom stereocenters. The lowest BCUT2D eigenvalue weighted by molar-refractivity contribution is 0.258. The van der Waals surface area contributed by atoms with Gasteiger partial charge in [-0.25, -0.2) is 10.5 Å². The van der Waals surface area contributed by atoms with Crippen LogP contribution < -0.4 is 11.1 Å². The molecule has 0 aliphatic heterocycles. The Morgan fingerprint density at radius 2 is 1.56 bits per heavy atom. The number of hydrogen-bond acceptors (Lipinski definition) is 1. The van der Waals surface area contributed by atoms with Crippen molar-refractivity contribution in [2.24, 2.45) is 0 Å². The van der Waals surface area contributed by atoms with Crippen molar-refractivity contribution in [1.82, 2.24) is 5.73 Å². The number of carbonyl (C=O) groups is 1. The van der Waals surface area contributed by atoms with Gasteiger partial charge in [0.1, 0.15) is 0 Å². The van der Waals surface area contributed by atoms with Crippen LogP contribution in [0, 0.1) is 0 Å². The average molecular weight is 219 g/mol. The summed E-state index contributed by atoms with van der Waals surface area (Å²) in [5.41, 5.74) is 10.0. The molecule has 0 fully saturated rings. The third-order valence-electron chi connectivity index (χ3n) is 2.61. The Hall–Kier alpha value is -1.51. The molecule has 0 heterocycles. The quantitative estimate of drug-likeness (QED) is 0.827. The molecule has 0 bridgehead atoms. The number of hydrogen-bond donors (Lipinski definition) is 1. The zero-order valence-corrected chi connectivity index (χ0v) is 10.3. The summed E-state index contributed by atoms with van der Waals surface area (Å²) in [4.78, 5) is 10.9. The van der Waals surface area contributed by atoms with E-state index >= 15 is 0 Å². The number of nitrogens with one attached hydrogen (secondary N) is 2. The van der Waals surface area contributed by atoms with Crippen molar-refractivity contribution in [2.45, 2.75) is 39.5 Å². The Morgan fingerprint density at radius 3 is 1.88 bits per heavy atom. The molecule has 0 saturated heterocycles. The smallest absolute Gasteiger partial charge is 0.306 e. The molecule has 3 heteroatoms. The van der Waals surface area contributed by atoms with E-state index in [2.05, 4.69) is 33.0 Å². The summed E-state index contributed by atoms with van der Waals surface area (Å²) in [5, 5.41) is 2.63. The van der Waals surface area contributed by atoms with Crippen LogP contribution in [0.1, 0.15) is 50.7 Å². The molecule has 1 rings (SSSR count). The highest BCUT2D eigenvalue weighted by molar-refractivity contribution is 5.89. The van der Waals surface area contributed by atoms with Crippen molar-refractivity contribution in [2.75, 3.05) is 5.32 Å². The Balaban J connectivity index is 3.28. The number of urea groups is 1. The molecule has 1 aromatic carbocycles. The highest BCUT2D eigenvalue weighted by Gasteiger charge is 2.14. The van der Waals surface area contributed by atoms with Crippen LogP contribution in [0.25, 0.3) is 0 Å². The standard InChI is InChI=1S/C13H19N2O/c1-8(2)10-6-5-7-11(9(3)4)12(10)15-13(14)16/h5-9,14H,1-4H3,(H,15,16). The predicted octanol–water partition coefficient (Wildman–Crippen LogP) is 3.75. The van der Waals surface area contributed by atoms with Crippen LogP contribution in [0.3, 0.4) is 0 Å². The SMILES string of the molecule is CC(C)c1cccc(C(C)C)c1NC([NH])=O. The summed E-state index contributed by atoms with van der Waals surface area (Å²) in [7, 11) is 0. The summed E-state index contributed by atoms with van der Waals surface area (Å²) in [6, 6.07) is 5.25. The van der Waals surface area contributed by atoms with Gasteiger partial charge in [0.05, 0.1) is 0 Å². The number of rotatable bonds is 3. The maximum absolute atomic E-state index is 10.9. The zero-order chi connectivity index (χ0) is 12.3. The minimum Gasteiger partial charge on any atom is -0.306 e. The van der Waals surface area contributed by atoms with Crippen LogP contribution >= 0.6 is 0 Å². The molecule has 0 unspecified atom stereocenters. The third kappa shape index (κ3) is 2.75. The molecule has 2 N–H and O–H groups in total. The fraction of sp³-hybridized carbons (Fsp3) is 0.462. The topological polar surface area (TPSA) is 52.9 Å². The van der Waals surface area contributed by atoms with E-state index in [0.29, 0.717) is 11.8 Å². The molecule has 0 saturated carbocycles. The van der Waals surface area contributed by atoms with Crippen LogP contribution in [0.2, 0.25) is 0 Å². The lowest BCUT2D eigenvalue weighted by Gasteiger charge is -2.18. The van der Waals surface area contributed by atoms with Crippen molar-refractivity contribution in [3.63, 3.8) is 0 Å². The molecule has 2 amide bonds. The monoisotopic (exact) mass is 219 g/mol. The first-order valence-corrected chi connectivity index (χ1v) is 5.58. The van der Waals surface area contributed by atoms with Crippen LogP contribution in [0.4, 0.5) is 10.5 Å². The van der Waals surface area contributed by atoms with E-state index in [-0.39, 0.29) is 0 Å². The summed E-state index contributed by atoms with van der Waals surface area (Å²) in [6.07, 6.45) is 0. The second-order valence-electron chi connectivity index (χ2n) is 4.57. The van der Waals surface area contributed by atoms with Crippen LogP contribution in [0.15, 0.2) is 18.2 Å². The second kappa shape index (κ2) is 5.01. The Labute approximate surface area is 97.0 Å². The molecule has 0 spiro atoms. The highest BCUT2D eigenvalue weighted by Crippen LogP contribution is 2.32. The van der Waals surface area contributed by atoms with Crippen molar-refractivity contribution >= 4 is 11.7 Å². The van der Waals surface area contributed by atoms with E-state index in [0.717, 1.165) is 16.8 Å². The maximum atomic E-state index is 10.9. The Bertz CT molecular complexity index is 357. The van der Waals surface area contributed by atoms with E-state index in [1.165, 1.54) is 0 Å². The van der Waals surface area contributed by atoms with Crippen molar-refractivity contribution in [1.29, 1.82) is 0 Å². The number of benzene rings is 1. The van der Waals surface area contributed by atoms with Gasteiger partial charge in [-0.05, 0) is 23.0 Å². The third-order valence-corrected chi connectivity index (χ3v) is 2.61. The van der Waals surface area contributed by atoms with Crippen molar-refractivity contribution in [3.8, 4) is 0 Å². The summed E-state index contributed by atoms with van der Waals surface area (Å²) < 4.78 is 0. The number of amides is 2. The molecular weight excluding hydrogens is 200 g/mol. The molecule has 0 aliphatic rings. The molecule has 1 aromatic rings. The first-order chi connectivity index (χ1) is 7.43. The van der Waals surface area contributed by atoms with E-state index in [1.54, 1.807) is 0 Å². The second-order valence-corrected chi connectivity index (χ2v) is 4.57. The largest absolute Gasteiger partial charge is 0.337 e. The van der Waals surface area contributed by atoms with Gasteiger partial charge in [-0.1, -0.05) is 45.9 Å². The van der Waals surface area contributed by atoms with E-state index in [1.807, 2.05) is 18.2 Å². The first kappa shape index (κ1) is 12.6. The van der Waals surface area contributed by atoms with E-state index in [9.17, 15) is 4.79 Å². The fourth-order valence-corrected chi connectivity index (χ4v) is 1.81. The average Bonchev–Trinajstić information content (AvgIpc) is 2.16. The van der Waals surface area contributed by atoms with Crippen LogP contribution in [-0.2, 0) is 0 Å². The number of anilines is 1. The predicted molar refractivity (Wildman–Crippen MR) is 66.7 cm³/mol. The zero-order valence-electron chi connectivity index (χ0n) is 10.3. The molecule has 0 aliphatic carbocycles. The first-order valence-electron chi connectivity index (χ1n) is 5.58. The minimum absolute atomic E-state index is 0.334. The fourth-order valence-electron chi connectivity index (χ4n) is 1.81. The molecule has 87 valence electrons. The van der Waals surface area contributed by atoms with E-state index in [4.69, 9.17) is 5.73 Å². The normalized spacial score (nSPS) is 10.9. The van der Waals surface area contributed by atoms with Gasteiger partial charge in [0.2, 0.25) is 0 Å². The van der Waals surface area contributed by atoms with Gasteiger partial charge in [-0.2, -0.15) is 0 Å². The Morgan fingerprint density at radius 1 is 1.12 bits per heavy atom. The number of carbonyl (C=O) groups excluding carboxylic acids is 1. The highest BCUT2D eigenvalue weighted by atomic mass is 16.2. The number of para-hydroxylation sites is 1. The maximum Gasteiger partial charge on any atom is 0.337 e. The molecule has 1 radical (unpaired) electrons. The Kier molecular flexibility index (Phi) is 3.93. The van der Waals surface area contributed by atoms with Gasteiger partial charge in [0.25, 0.3) is 0 Å². The lowest BCUT2D eigenvalue weighted by Crippen LogP contribution is -2.14. The lowest BCUT2D eigenvalue weighted by atomic mass is 9.93. The van der Waals surface area contributed by atoms with Gasteiger partial charge in [0.15, 0.2) is 0 Å². The molecule has 0 aromatic heterocycles. The summed E-state index contributed by atoms with van der Waals surface area (Å²) >= 11 is 0. The van der Waals surface area contributed by atoms with E-state index < -0.39 is 6.03 Å². The van der Waals surface area contributed by atoms with Gasteiger partial charge < -0.3 is 5.32 Å².